The summed E-state index contributed by atoms with van der Waals surface area (Å²) in [6, 6.07) is 3.11. The Labute approximate surface area is 130 Å². The summed E-state index contributed by atoms with van der Waals surface area (Å²) in [4.78, 5) is 30.9. The lowest BCUT2D eigenvalue weighted by molar-refractivity contribution is 0.0555. The van der Waals surface area contributed by atoms with Crippen LogP contribution in [0.1, 0.15) is 20.7 Å². The normalized spacial score (nSPS) is 10.7. The highest BCUT2D eigenvalue weighted by Crippen LogP contribution is 2.31. The molecule has 0 spiro atoms. The topological polar surface area (TPSA) is 120 Å². The summed E-state index contributed by atoms with van der Waals surface area (Å²) >= 11 is 0. The maximum Gasteiger partial charge on any atom is 0.338 e. The lowest BCUT2D eigenvalue weighted by atomic mass is 10.0. The van der Waals surface area contributed by atoms with Gasteiger partial charge in [-0.2, -0.15) is 4.98 Å². The molecule has 0 unspecified atom stereocenters. The number of nitrogen functional groups attached to an aromatic ring is 1. The van der Waals surface area contributed by atoms with Crippen molar-refractivity contribution in [2.45, 2.75) is 0 Å². The zero-order chi connectivity index (χ0) is 16.6. The van der Waals surface area contributed by atoms with Crippen LogP contribution in [0.5, 0.6) is 0 Å². The highest BCUT2D eigenvalue weighted by Gasteiger charge is 2.22. The minimum Gasteiger partial charge on any atom is -0.465 e. The number of nitrogens with one attached hydrogen (secondary N) is 1. The second-order valence-corrected chi connectivity index (χ2v) is 4.70. The predicted octanol–water partition coefficient (Wildman–Crippen LogP) is 1.98. The van der Waals surface area contributed by atoms with Crippen LogP contribution < -0.4 is 5.73 Å². The number of hydrogen-bond acceptors (Lipinski definition) is 7. The molecule has 3 N–H and O–H groups in total. The van der Waals surface area contributed by atoms with Gasteiger partial charge in [0.25, 0.3) is 6.01 Å². The molecule has 8 heteroatoms. The summed E-state index contributed by atoms with van der Waals surface area (Å²) in [5, 5.41) is 0.673. The number of benzene rings is 1. The lowest BCUT2D eigenvalue weighted by Crippen LogP contribution is -2.11. The Balaban J connectivity index is 2.25. The van der Waals surface area contributed by atoms with Crippen molar-refractivity contribution < 1.29 is 23.5 Å². The van der Waals surface area contributed by atoms with Gasteiger partial charge in [0.2, 0.25) is 0 Å². The van der Waals surface area contributed by atoms with Crippen molar-refractivity contribution in [1.82, 2.24) is 9.97 Å². The number of carbonyl (C=O) groups excluding carboxylic acids is 2. The van der Waals surface area contributed by atoms with E-state index in [4.69, 9.17) is 19.6 Å². The first kappa shape index (κ1) is 14.6. The Kier molecular flexibility index (Phi) is 3.49. The van der Waals surface area contributed by atoms with E-state index >= 15 is 0 Å². The van der Waals surface area contributed by atoms with Crippen molar-refractivity contribution in [3.63, 3.8) is 0 Å². The fourth-order valence-electron chi connectivity index (χ4n) is 2.35. The van der Waals surface area contributed by atoms with Crippen LogP contribution in [-0.2, 0) is 9.47 Å². The van der Waals surface area contributed by atoms with Gasteiger partial charge in [0.1, 0.15) is 12.0 Å². The molecule has 8 nitrogen and oxygen atoms in total. The molecule has 0 aliphatic carbocycles. The number of nitrogens with zero attached hydrogens (tertiary/aromatic N) is 1. The van der Waals surface area contributed by atoms with Gasteiger partial charge in [-0.15, -0.1) is 0 Å². The smallest absolute Gasteiger partial charge is 0.338 e. The molecule has 3 aromatic rings. The number of methoxy groups -OCH3 is 2. The van der Waals surface area contributed by atoms with Gasteiger partial charge in [0, 0.05) is 22.7 Å². The van der Waals surface area contributed by atoms with Gasteiger partial charge in [-0.1, -0.05) is 0 Å². The zero-order valence-electron chi connectivity index (χ0n) is 12.4. The lowest BCUT2D eigenvalue weighted by Gasteiger charge is -2.07. The average molecular weight is 315 g/mol. The second-order valence-electron chi connectivity index (χ2n) is 4.70. The Morgan fingerprint density at radius 2 is 1.83 bits per heavy atom. The Hall–Kier alpha value is -3.29. The van der Waals surface area contributed by atoms with E-state index in [0.29, 0.717) is 22.2 Å². The largest absolute Gasteiger partial charge is 0.465 e. The van der Waals surface area contributed by atoms with Gasteiger partial charge < -0.3 is 24.6 Å². The number of anilines is 1. The predicted molar refractivity (Wildman–Crippen MR) is 80.9 cm³/mol. The summed E-state index contributed by atoms with van der Waals surface area (Å²) in [6.07, 6.45) is 3.09. The molecule has 0 saturated carbocycles. The molecule has 1 aromatic carbocycles. The fraction of sp³-hybridized carbons (Fsp3) is 0.133. The molecule has 3 rings (SSSR count). The molecular formula is C15H13N3O5. The van der Waals surface area contributed by atoms with Gasteiger partial charge >= 0.3 is 11.9 Å². The third-order valence-electron chi connectivity index (χ3n) is 3.43. The molecular weight excluding hydrogens is 302 g/mol. The van der Waals surface area contributed by atoms with Crippen LogP contribution >= 0.6 is 0 Å². The van der Waals surface area contributed by atoms with Crippen molar-refractivity contribution in [3.8, 4) is 11.3 Å². The first-order valence-corrected chi connectivity index (χ1v) is 6.58. The van der Waals surface area contributed by atoms with E-state index in [1.54, 1.807) is 12.3 Å². The number of fused-ring (bicyclic) bond motifs is 1. The maximum absolute atomic E-state index is 12.0. The number of aromatic amines is 1. The maximum atomic E-state index is 12.0. The minimum absolute atomic E-state index is 0.0359. The van der Waals surface area contributed by atoms with Gasteiger partial charge in [-0.05, 0) is 12.1 Å². The first-order valence-electron chi connectivity index (χ1n) is 6.58. The highest BCUT2D eigenvalue weighted by atomic mass is 16.5. The SMILES string of the molecule is COC(=O)c1cc2[nH]cc(-c3coc(N)n3)c2cc1C(=O)OC. The Morgan fingerprint density at radius 1 is 1.17 bits per heavy atom. The third-order valence-corrected chi connectivity index (χ3v) is 3.43. The van der Waals surface area contributed by atoms with Gasteiger partial charge in [-0.3, -0.25) is 0 Å². The number of oxazole rings is 1. The molecule has 2 heterocycles. The molecule has 118 valence electrons. The number of ether oxygens (including phenoxy) is 2. The summed E-state index contributed by atoms with van der Waals surface area (Å²) in [7, 11) is 2.48. The van der Waals surface area contributed by atoms with E-state index in [0.717, 1.165) is 0 Å². The van der Waals surface area contributed by atoms with E-state index in [1.165, 1.54) is 26.5 Å². The molecule has 2 aromatic heterocycles. The average Bonchev–Trinajstić information content (AvgIpc) is 3.17. The summed E-state index contributed by atoms with van der Waals surface area (Å²) in [6.45, 7) is 0. The van der Waals surface area contributed by atoms with Gasteiger partial charge in [0.05, 0.1) is 25.3 Å². The molecule has 0 fully saturated rings. The van der Waals surface area contributed by atoms with E-state index in [2.05, 4.69) is 9.97 Å². The van der Waals surface area contributed by atoms with E-state index in [-0.39, 0.29) is 17.1 Å². The Morgan fingerprint density at radius 3 is 2.39 bits per heavy atom. The summed E-state index contributed by atoms with van der Waals surface area (Å²) in [5.74, 6) is -1.27. The number of rotatable bonds is 3. The third kappa shape index (κ3) is 2.39. The minimum atomic E-state index is -0.640. The van der Waals surface area contributed by atoms with Crippen molar-refractivity contribution in [1.29, 1.82) is 0 Å². The fourth-order valence-corrected chi connectivity index (χ4v) is 2.35. The number of nitrogens with two attached hydrogens (primary N) is 1. The second kappa shape index (κ2) is 5.48. The summed E-state index contributed by atoms with van der Waals surface area (Å²) < 4.78 is 14.4. The van der Waals surface area contributed by atoms with E-state index < -0.39 is 11.9 Å². The number of carbonyl (C=O) groups is 2. The summed E-state index contributed by atoms with van der Waals surface area (Å²) in [5.41, 5.74) is 7.53. The van der Waals surface area contributed by atoms with Crippen LogP contribution in [0.3, 0.4) is 0 Å². The highest BCUT2D eigenvalue weighted by molar-refractivity contribution is 6.09. The van der Waals surface area contributed by atoms with Crippen molar-refractivity contribution >= 4 is 28.9 Å². The first-order chi connectivity index (χ1) is 11.0. The number of H-pyrrole nitrogens is 1. The van der Waals surface area contributed by atoms with Crippen molar-refractivity contribution in [2.75, 3.05) is 20.0 Å². The van der Waals surface area contributed by atoms with E-state index in [1.807, 2.05) is 0 Å². The van der Waals surface area contributed by atoms with Crippen LogP contribution in [0.15, 0.2) is 29.0 Å². The monoisotopic (exact) mass is 315 g/mol. The molecule has 0 aliphatic rings. The molecule has 0 aliphatic heterocycles. The molecule has 0 bridgehead atoms. The molecule has 0 radical (unpaired) electrons. The van der Waals surface area contributed by atoms with Crippen molar-refractivity contribution in [3.05, 3.63) is 35.7 Å². The van der Waals surface area contributed by atoms with Crippen LogP contribution in [-0.4, -0.2) is 36.1 Å². The van der Waals surface area contributed by atoms with Crippen molar-refractivity contribution in [2.24, 2.45) is 0 Å². The van der Waals surface area contributed by atoms with Crippen LogP contribution in [0, 0.1) is 0 Å². The van der Waals surface area contributed by atoms with E-state index in [9.17, 15) is 9.59 Å². The molecule has 0 amide bonds. The van der Waals surface area contributed by atoms with Crippen LogP contribution in [0.2, 0.25) is 0 Å². The zero-order valence-corrected chi connectivity index (χ0v) is 12.4. The number of hydrogen-bond donors (Lipinski definition) is 2. The molecule has 0 saturated heterocycles. The standard InChI is InChI=1S/C15H13N3O5/c1-21-13(19)8-3-7-10(12-6-23-15(16)18-12)5-17-11(7)4-9(8)14(20)22-2/h3-6,17H,1-2H3,(H2,16,18). The Bertz CT molecular complexity index is 909. The van der Waals surface area contributed by atoms with Gasteiger partial charge in [-0.25, -0.2) is 9.59 Å². The van der Waals surface area contributed by atoms with Crippen LogP contribution in [0.25, 0.3) is 22.2 Å². The van der Waals surface area contributed by atoms with Gasteiger partial charge in [0.15, 0.2) is 0 Å². The number of esters is 2. The molecule has 23 heavy (non-hydrogen) atoms. The quantitative estimate of drug-likeness (QED) is 0.709. The van der Waals surface area contributed by atoms with Crippen LogP contribution in [0.4, 0.5) is 6.01 Å². The molecule has 0 atom stereocenters. The number of aromatic nitrogens is 2.